The van der Waals surface area contributed by atoms with Crippen LogP contribution in [-0.4, -0.2) is 43.3 Å². The van der Waals surface area contributed by atoms with E-state index in [0.29, 0.717) is 31.1 Å². The number of ether oxygens (including phenoxy) is 2. The molecule has 0 saturated carbocycles. The second-order valence-electron chi connectivity index (χ2n) is 4.20. The number of rotatable bonds is 9. The van der Waals surface area contributed by atoms with E-state index in [1.165, 1.54) is 0 Å². The molecule has 7 nitrogen and oxygen atoms in total. The molecule has 0 atom stereocenters. The molecule has 0 aliphatic carbocycles. The van der Waals surface area contributed by atoms with Crippen molar-refractivity contribution in [2.75, 3.05) is 26.4 Å². The highest BCUT2D eigenvalue weighted by molar-refractivity contribution is 5.97. The van der Waals surface area contributed by atoms with Gasteiger partial charge in [0.05, 0.1) is 0 Å². The maximum absolute atomic E-state index is 11.5. The van der Waals surface area contributed by atoms with Gasteiger partial charge in [-0.15, -0.1) is 0 Å². The first-order valence-corrected chi connectivity index (χ1v) is 6.72. The number of amides is 1. The molecular formula is C14H21N3O4. The van der Waals surface area contributed by atoms with Gasteiger partial charge in [0.1, 0.15) is 5.75 Å². The molecule has 1 aromatic rings. The molecule has 21 heavy (non-hydrogen) atoms. The minimum Gasteiger partial charge on any atom is -0.484 e. The quantitative estimate of drug-likeness (QED) is 0.204. The van der Waals surface area contributed by atoms with Gasteiger partial charge in [0, 0.05) is 25.3 Å². The Hall–Kier alpha value is -2.28. The average Bonchev–Trinajstić information content (AvgIpc) is 2.52. The van der Waals surface area contributed by atoms with Gasteiger partial charge in [0.15, 0.2) is 12.4 Å². The monoisotopic (exact) mass is 295 g/mol. The van der Waals surface area contributed by atoms with E-state index < -0.39 is 0 Å². The predicted molar refractivity (Wildman–Crippen MR) is 78.6 cm³/mol. The molecule has 0 bridgehead atoms. The molecule has 1 aromatic carbocycles. The van der Waals surface area contributed by atoms with Crippen molar-refractivity contribution in [3.63, 3.8) is 0 Å². The van der Waals surface area contributed by atoms with E-state index in [4.69, 9.17) is 20.4 Å². The van der Waals surface area contributed by atoms with Crippen molar-refractivity contribution in [1.29, 1.82) is 0 Å². The summed E-state index contributed by atoms with van der Waals surface area (Å²) in [6, 6.07) is 6.58. The summed E-state index contributed by atoms with van der Waals surface area (Å²) in [6.07, 6.45) is 0.772. The summed E-state index contributed by atoms with van der Waals surface area (Å²) in [5.41, 5.74) is 6.02. The normalized spacial score (nSPS) is 11.2. The SMILES string of the molecule is CCOCCCNC(=O)COc1ccc(/C(N)=N/O)cc1. The minimum atomic E-state index is -0.188. The lowest BCUT2D eigenvalue weighted by molar-refractivity contribution is -0.123. The number of hydrogen-bond acceptors (Lipinski definition) is 5. The Morgan fingerprint density at radius 1 is 1.38 bits per heavy atom. The molecule has 1 amide bonds. The number of nitrogens with one attached hydrogen (secondary N) is 1. The first kappa shape index (κ1) is 16.8. The van der Waals surface area contributed by atoms with E-state index in [9.17, 15) is 4.79 Å². The standard InChI is InChI=1S/C14H21N3O4/c1-2-20-9-3-8-16-13(18)10-21-12-6-4-11(5-7-12)14(15)17-19/h4-7,19H,2-3,8-10H2,1H3,(H2,15,17)(H,16,18). The average molecular weight is 295 g/mol. The van der Waals surface area contributed by atoms with E-state index in [1.807, 2.05) is 6.92 Å². The number of nitrogens with zero attached hydrogens (tertiary/aromatic N) is 1. The summed E-state index contributed by atoms with van der Waals surface area (Å²) < 4.78 is 10.5. The van der Waals surface area contributed by atoms with Gasteiger partial charge < -0.3 is 25.7 Å². The van der Waals surface area contributed by atoms with Crippen LogP contribution < -0.4 is 15.8 Å². The van der Waals surface area contributed by atoms with Crippen molar-refractivity contribution in [3.05, 3.63) is 29.8 Å². The Balaban J connectivity index is 2.26. The number of carbonyl (C=O) groups excluding carboxylic acids is 1. The Kier molecular flexibility index (Phi) is 7.67. The summed E-state index contributed by atoms with van der Waals surface area (Å²) >= 11 is 0. The Morgan fingerprint density at radius 3 is 2.71 bits per heavy atom. The molecule has 0 unspecified atom stereocenters. The summed E-state index contributed by atoms with van der Waals surface area (Å²) in [4.78, 5) is 11.5. The molecule has 7 heteroatoms. The van der Waals surface area contributed by atoms with Gasteiger partial charge in [-0.25, -0.2) is 0 Å². The van der Waals surface area contributed by atoms with Crippen molar-refractivity contribution in [3.8, 4) is 5.75 Å². The Morgan fingerprint density at radius 2 is 2.10 bits per heavy atom. The van der Waals surface area contributed by atoms with E-state index in [0.717, 1.165) is 6.42 Å². The smallest absolute Gasteiger partial charge is 0.257 e. The summed E-state index contributed by atoms with van der Waals surface area (Å²) in [6.45, 7) is 3.74. The van der Waals surface area contributed by atoms with Crippen LogP contribution >= 0.6 is 0 Å². The lowest BCUT2D eigenvalue weighted by Gasteiger charge is -2.08. The molecule has 0 aliphatic heterocycles. The molecule has 4 N–H and O–H groups in total. The molecule has 116 valence electrons. The lowest BCUT2D eigenvalue weighted by Crippen LogP contribution is -2.30. The number of carbonyl (C=O) groups is 1. The number of hydrogen-bond donors (Lipinski definition) is 3. The predicted octanol–water partition coefficient (Wildman–Crippen LogP) is 0.703. The third kappa shape index (κ3) is 6.62. The maximum atomic E-state index is 11.5. The second-order valence-corrected chi connectivity index (χ2v) is 4.20. The van der Waals surface area contributed by atoms with Crippen LogP contribution in [0.4, 0.5) is 0 Å². The van der Waals surface area contributed by atoms with Crippen molar-refractivity contribution < 1.29 is 19.5 Å². The highest BCUT2D eigenvalue weighted by Gasteiger charge is 2.03. The first-order valence-electron chi connectivity index (χ1n) is 6.72. The van der Waals surface area contributed by atoms with Crippen LogP contribution in [0, 0.1) is 0 Å². The highest BCUT2D eigenvalue weighted by atomic mass is 16.5. The molecular weight excluding hydrogens is 274 g/mol. The van der Waals surface area contributed by atoms with E-state index in [-0.39, 0.29) is 18.3 Å². The zero-order valence-electron chi connectivity index (χ0n) is 12.0. The van der Waals surface area contributed by atoms with Gasteiger partial charge in [-0.2, -0.15) is 0 Å². The molecule has 1 rings (SSSR count). The van der Waals surface area contributed by atoms with E-state index in [2.05, 4.69) is 10.5 Å². The fraction of sp³-hybridized carbons (Fsp3) is 0.429. The number of benzene rings is 1. The highest BCUT2D eigenvalue weighted by Crippen LogP contribution is 2.11. The molecule has 0 radical (unpaired) electrons. The zero-order valence-corrected chi connectivity index (χ0v) is 12.0. The number of nitrogens with two attached hydrogens (primary N) is 1. The molecule has 0 fully saturated rings. The van der Waals surface area contributed by atoms with Crippen molar-refractivity contribution in [2.24, 2.45) is 10.9 Å². The summed E-state index contributed by atoms with van der Waals surface area (Å²) in [5, 5.41) is 14.2. The van der Waals surface area contributed by atoms with Crippen LogP contribution in [0.1, 0.15) is 18.9 Å². The fourth-order valence-corrected chi connectivity index (χ4v) is 1.53. The van der Waals surface area contributed by atoms with Gasteiger partial charge in [0.2, 0.25) is 0 Å². The van der Waals surface area contributed by atoms with Gasteiger partial charge >= 0.3 is 0 Å². The Labute approximate surface area is 123 Å². The van der Waals surface area contributed by atoms with Crippen LogP contribution in [0.2, 0.25) is 0 Å². The summed E-state index contributed by atoms with van der Waals surface area (Å²) in [7, 11) is 0. The third-order valence-electron chi connectivity index (χ3n) is 2.62. The molecule has 0 heterocycles. The minimum absolute atomic E-state index is 0.0218. The topological polar surface area (TPSA) is 106 Å². The molecule has 0 aromatic heterocycles. The van der Waals surface area contributed by atoms with Crippen LogP contribution in [0.25, 0.3) is 0 Å². The van der Waals surface area contributed by atoms with Crippen LogP contribution in [0.5, 0.6) is 5.75 Å². The van der Waals surface area contributed by atoms with Crippen molar-refractivity contribution in [2.45, 2.75) is 13.3 Å². The molecule has 0 spiro atoms. The first-order chi connectivity index (χ1) is 10.2. The number of oxime groups is 1. The zero-order chi connectivity index (χ0) is 15.5. The Bertz CT molecular complexity index is 460. The summed E-state index contributed by atoms with van der Waals surface area (Å²) in [5.74, 6) is 0.370. The van der Waals surface area contributed by atoms with Crippen molar-refractivity contribution in [1.82, 2.24) is 5.32 Å². The maximum Gasteiger partial charge on any atom is 0.257 e. The van der Waals surface area contributed by atoms with Gasteiger partial charge in [0.25, 0.3) is 5.91 Å². The second kappa shape index (κ2) is 9.60. The van der Waals surface area contributed by atoms with Crippen molar-refractivity contribution >= 4 is 11.7 Å². The fourth-order valence-electron chi connectivity index (χ4n) is 1.53. The van der Waals surface area contributed by atoms with E-state index in [1.54, 1.807) is 24.3 Å². The van der Waals surface area contributed by atoms with Gasteiger partial charge in [-0.05, 0) is 37.6 Å². The van der Waals surface area contributed by atoms with Gasteiger partial charge in [-0.3, -0.25) is 4.79 Å². The largest absolute Gasteiger partial charge is 0.484 e. The van der Waals surface area contributed by atoms with Crippen LogP contribution in [-0.2, 0) is 9.53 Å². The lowest BCUT2D eigenvalue weighted by atomic mass is 10.2. The van der Waals surface area contributed by atoms with Crippen LogP contribution in [0.3, 0.4) is 0 Å². The number of amidine groups is 1. The van der Waals surface area contributed by atoms with Gasteiger partial charge in [-0.1, -0.05) is 5.16 Å². The van der Waals surface area contributed by atoms with Crippen LogP contribution in [0.15, 0.2) is 29.4 Å². The molecule has 0 saturated heterocycles. The molecule has 0 aliphatic rings. The third-order valence-corrected chi connectivity index (χ3v) is 2.62. The van der Waals surface area contributed by atoms with E-state index >= 15 is 0 Å².